The zero-order valence-electron chi connectivity index (χ0n) is 9.95. The van der Waals surface area contributed by atoms with Gasteiger partial charge >= 0.3 is 0 Å². The van der Waals surface area contributed by atoms with E-state index in [0.717, 1.165) is 26.2 Å². The molecule has 0 aliphatic heterocycles. The van der Waals surface area contributed by atoms with Crippen molar-refractivity contribution >= 4 is 0 Å². The molecule has 14 heavy (non-hydrogen) atoms. The molecule has 3 nitrogen and oxygen atoms in total. The highest BCUT2D eigenvalue weighted by molar-refractivity contribution is 4.79. The molecule has 0 spiro atoms. The highest BCUT2D eigenvalue weighted by Gasteiger charge is 2.09. The fourth-order valence-corrected chi connectivity index (χ4v) is 1.42. The summed E-state index contributed by atoms with van der Waals surface area (Å²) in [5.41, 5.74) is 0. The summed E-state index contributed by atoms with van der Waals surface area (Å²) in [4.78, 5) is 4.59. The predicted octanol–water partition coefficient (Wildman–Crippen LogP) is 1.56. The van der Waals surface area contributed by atoms with Crippen molar-refractivity contribution in [3.05, 3.63) is 0 Å². The van der Waals surface area contributed by atoms with Crippen molar-refractivity contribution in [2.75, 3.05) is 32.7 Å². The van der Waals surface area contributed by atoms with Crippen molar-refractivity contribution in [3.8, 4) is 6.07 Å². The molecule has 3 heteroatoms. The third-order valence-electron chi connectivity index (χ3n) is 2.60. The standard InChI is InChI=1S/C11H23N3/c1-5-13(6-2)9-10-14(8-7-12)11(3)4/h11H,5-6,8-10H2,1-4H3. The lowest BCUT2D eigenvalue weighted by molar-refractivity contribution is 0.199. The van der Waals surface area contributed by atoms with Crippen molar-refractivity contribution in [3.63, 3.8) is 0 Å². The van der Waals surface area contributed by atoms with Gasteiger partial charge in [0.05, 0.1) is 12.6 Å². The van der Waals surface area contributed by atoms with Crippen LogP contribution < -0.4 is 0 Å². The lowest BCUT2D eigenvalue weighted by Crippen LogP contribution is -2.38. The van der Waals surface area contributed by atoms with Gasteiger partial charge < -0.3 is 4.90 Å². The summed E-state index contributed by atoms with van der Waals surface area (Å²) in [6, 6.07) is 2.68. The summed E-state index contributed by atoms with van der Waals surface area (Å²) in [5, 5.41) is 8.66. The quantitative estimate of drug-likeness (QED) is 0.580. The van der Waals surface area contributed by atoms with Crippen molar-refractivity contribution in [2.45, 2.75) is 33.7 Å². The highest BCUT2D eigenvalue weighted by Crippen LogP contribution is 1.98. The number of rotatable bonds is 7. The summed E-state index contributed by atoms with van der Waals surface area (Å²) in [6.45, 7) is 13.4. The molecule has 0 aliphatic rings. The van der Waals surface area contributed by atoms with Gasteiger partial charge in [0.1, 0.15) is 0 Å². The Hall–Kier alpha value is -0.590. The molecule has 0 aromatic heterocycles. The molecule has 0 aromatic carbocycles. The van der Waals surface area contributed by atoms with E-state index in [-0.39, 0.29) is 0 Å². The topological polar surface area (TPSA) is 30.3 Å². The number of nitriles is 1. The zero-order chi connectivity index (χ0) is 11.0. The second-order valence-electron chi connectivity index (χ2n) is 3.75. The fraction of sp³-hybridized carbons (Fsp3) is 0.909. The SMILES string of the molecule is CCN(CC)CCN(CC#N)C(C)C. The first-order valence-corrected chi connectivity index (χ1v) is 5.49. The van der Waals surface area contributed by atoms with Crippen LogP contribution in [0.1, 0.15) is 27.7 Å². The Balaban J connectivity index is 3.87. The molecule has 82 valence electrons. The van der Waals surface area contributed by atoms with Crippen molar-refractivity contribution in [1.29, 1.82) is 5.26 Å². The molecule has 0 saturated heterocycles. The minimum absolute atomic E-state index is 0.463. The molecule has 0 amide bonds. The van der Waals surface area contributed by atoms with Crippen molar-refractivity contribution in [1.82, 2.24) is 9.80 Å². The Kier molecular flexibility index (Phi) is 7.45. The zero-order valence-corrected chi connectivity index (χ0v) is 9.95. The second-order valence-corrected chi connectivity index (χ2v) is 3.75. The molecule has 0 rings (SSSR count). The summed E-state index contributed by atoms with van der Waals surface area (Å²) < 4.78 is 0. The Morgan fingerprint density at radius 3 is 2.07 bits per heavy atom. The number of hydrogen-bond acceptors (Lipinski definition) is 3. The van der Waals surface area contributed by atoms with Crippen LogP contribution in [0, 0.1) is 11.3 Å². The van der Waals surface area contributed by atoms with Crippen LogP contribution in [0.4, 0.5) is 0 Å². The maximum atomic E-state index is 8.66. The van der Waals surface area contributed by atoms with Gasteiger partial charge in [-0.15, -0.1) is 0 Å². The maximum absolute atomic E-state index is 8.66. The first kappa shape index (κ1) is 13.4. The van der Waals surface area contributed by atoms with Crippen LogP contribution >= 0.6 is 0 Å². The second kappa shape index (κ2) is 7.78. The van der Waals surface area contributed by atoms with Gasteiger partial charge in [-0.25, -0.2) is 0 Å². The largest absolute Gasteiger partial charge is 0.303 e. The highest BCUT2D eigenvalue weighted by atomic mass is 15.2. The van der Waals surface area contributed by atoms with Crippen LogP contribution in [0.15, 0.2) is 0 Å². The van der Waals surface area contributed by atoms with E-state index in [9.17, 15) is 0 Å². The van der Waals surface area contributed by atoms with E-state index in [1.54, 1.807) is 0 Å². The minimum atomic E-state index is 0.463. The van der Waals surface area contributed by atoms with Gasteiger partial charge in [-0.3, -0.25) is 4.90 Å². The molecular formula is C11H23N3. The van der Waals surface area contributed by atoms with E-state index in [2.05, 4.69) is 43.6 Å². The van der Waals surface area contributed by atoms with Gasteiger partial charge in [0.15, 0.2) is 0 Å². The van der Waals surface area contributed by atoms with Gasteiger partial charge in [0, 0.05) is 19.1 Å². The Labute approximate surface area is 88.3 Å². The number of likely N-dealkylation sites (N-methyl/N-ethyl adjacent to an activating group) is 1. The van der Waals surface area contributed by atoms with Crippen LogP contribution in [0.25, 0.3) is 0 Å². The minimum Gasteiger partial charge on any atom is -0.303 e. The monoisotopic (exact) mass is 197 g/mol. The van der Waals surface area contributed by atoms with E-state index >= 15 is 0 Å². The Morgan fingerprint density at radius 1 is 1.14 bits per heavy atom. The molecular weight excluding hydrogens is 174 g/mol. The van der Waals surface area contributed by atoms with Crippen LogP contribution in [0.2, 0.25) is 0 Å². The summed E-state index contributed by atoms with van der Waals surface area (Å²) in [5.74, 6) is 0. The van der Waals surface area contributed by atoms with Crippen molar-refractivity contribution < 1.29 is 0 Å². The van der Waals surface area contributed by atoms with E-state index in [1.165, 1.54) is 0 Å². The molecule has 0 aliphatic carbocycles. The third-order valence-corrected chi connectivity index (χ3v) is 2.60. The maximum Gasteiger partial charge on any atom is 0.0868 e. The first-order valence-electron chi connectivity index (χ1n) is 5.49. The van der Waals surface area contributed by atoms with E-state index in [0.29, 0.717) is 12.6 Å². The molecule has 0 atom stereocenters. The van der Waals surface area contributed by atoms with Gasteiger partial charge in [-0.05, 0) is 26.9 Å². The average Bonchev–Trinajstić information content (AvgIpc) is 2.17. The molecule has 0 heterocycles. The molecule has 0 fully saturated rings. The van der Waals surface area contributed by atoms with Crippen molar-refractivity contribution in [2.24, 2.45) is 0 Å². The molecule has 0 radical (unpaired) electrons. The molecule has 0 N–H and O–H groups in total. The van der Waals surface area contributed by atoms with Crippen LogP contribution in [-0.2, 0) is 0 Å². The van der Waals surface area contributed by atoms with Gasteiger partial charge in [0.25, 0.3) is 0 Å². The van der Waals surface area contributed by atoms with Crippen LogP contribution in [0.3, 0.4) is 0 Å². The Bertz CT molecular complexity index is 168. The first-order chi connectivity index (χ1) is 6.65. The molecule has 0 aromatic rings. The average molecular weight is 197 g/mol. The summed E-state index contributed by atoms with van der Waals surface area (Å²) in [6.07, 6.45) is 0. The normalized spacial score (nSPS) is 11.3. The molecule has 0 unspecified atom stereocenters. The third kappa shape index (κ3) is 5.21. The summed E-state index contributed by atoms with van der Waals surface area (Å²) in [7, 11) is 0. The Morgan fingerprint density at radius 2 is 1.71 bits per heavy atom. The lowest BCUT2D eigenvalue weighted by Gasteiger charge is -2.27. The van der Waals surface area contributed by atoms with Crippen LogP contribution in [-0.4, -0.2) is 48.6 Å². The lowest BCUT2D eigenvalue weighted by atomic mass is 10.3. The fourth-order valence-electron chi connectivity index (χ4n) is 1.42. The molecule has 0 saturated carbocycles. The predicted molar refractivity (Wildman–Crippen MR) is 60.1 cm³/mol. The number of nitrogens with zero attached hydrogens (tertiary/aromatic N) is 3. The van der Waals surface area contributed by atoms with E-state index in [1.807, 2.05) is 0 Å². The van der Waals surface area contributed by atoms with E-state index in [4.69, 9.17) is 5.26 Å². The number of hydrogen-bond donors (Lipinski definition) is 0. The van der Waals surface area contributed by atoms with Gasteiger partial charge in [-0.2, -0.15) is 5.26 Å². The van der Waals surface area contributed by atoms with Gasteiger partial charge in [-0.1, -0.05) is 13.8 Å². The van der Waals surface area contributed by atoms with Gasteiger partial charge in [0.2, 0.25) is 0 Å². The molecule has 0 bridgehead atoms. The smallest absolute Gasteiger partial charge is 0.0868 e. The van der Waals surface area contributed by atoms with E-state index < -0.39 is 0 Å². The van der Waals surface area contributed by atoms with Crippen LogP contribution in [0.5, 0.6) is 0 Å². The summed E-state index contributed by atoms with van der Waals surface area (Å²) >= 11 is 0.